The summed E-state index contributed by atoms with van der Waals surface area (Å²) in [6, 6.07) is -0.466. The minimum Gasteiger partial charge on any atom is -0.389 e. The summed E-state index contributed by atoms with van der Waals surface area (Å²) >= 11 is 0. The Labute approximate surface area is 163 Å². The lowest BCUT2D eigenvalue weighted by molar-refractivity contribution is -0.257. The van der Waals surface area contributed by atoms with Crippen molar-refractivity contribution in [1.82, 2.24) is 0 Å². The second kappa shape index (κ2) is 8.84. The predicted molar refractivity (Wildman–Crippen MR) is 103 cm³/mol. The number of rotatable bonds is 7. The first-order valence-corrected chi connectivity index (χ1v) is 9.70. The number of ketones is 1. The molecule has 7 nitrogen and oxygen atoms in total. The highest BCUT2D eigenvalue weighted by atomic mass is 16.7. The maximum Gasteiger partial charge on any atom is 0.189 e. The molecule has 6 atom stereocenters. The Balaban J connectivity index is 3.03. The summed E-state index contributed by atoms with van der Waals surface area (Å²) in [6.07, 6.45) is -1.80. The van der Waals surface area contributed by atoms with E-state index in [9.17, 15) is 20.1 Å². The van der Waals surface area contributed by atoms with Crippen molar-refractivity contribution in [2.45, 2.75) is 104 Å². The molecular formula is C20H39NO6. The predicted octanol–water partition coefficient (Wildman–Crippen LogP) is 1.36. The highest BCUT2D eigenvalue weighted by Gasteiger charge is 2.45. The fourth-order valence-corrected chi connectivity index (χ4v) is 3.53. The normalized spacial score (nSPS) is 30.6. The molecule has 1 fully saturated rings. The molecule has 7 heteroatoms. The maximum absolute atomic E-state index is 12.4. The monoisotopic (exact) mass is 389 g/mol. The number of ether oxygens (including phenoxy) is 2. The van der Waals surface area contributed by atoms with Gasteiger partial charge in [-0.05, 0) is 24.2 Å². The second-order valence-electron chi connectivity index (χ2n) is 10.2. The van der Waals surface area contributed by atoms with E-state index in [-0.39, 0.29) is 18.3 Å². The first kappa shape index (κ1) is 24.5. The van der Waals surface area contributed by atoms with E-state index in [2.05, 4.69) is 0 Å². The zero-order valence-corrected chi connectivity index (χ0v) is 17.9. The molecule has 0 bridgehead atoms. The molecule has 1 saturated heterocycles. The van der Waals surface area contributed by atoms with Crippen molar-refractivity contribution in [3.63, 3.8) is 0 Å². The van der Waals surface area contributed by atoms with Crippen molar-refractivity contribution < 1.29 is 29.6 Å². The fourth-order valence-electron chi connectivity index (χ4n) is 3.53. The summed E-state index contributed by atoms with van der Waals surface area (Å²) < 4.78 is 11.9. The lowest BCUT2D eigenvalue weighted by atomic mass is 9.73. The van der Waals surface area contributed by atoms with Crippen LogP contribution in [0.1, 0.15) is 67.7 Å². The minimum absolute atomic E-state index is 0.0409. The quantitative estimate of drug-likeness (QED) is 0.518. The molecule has 27 heavy (non-hydrogen) atoms. The minimum atomic E-state index is -1.70. The van der Waals surface area contributed by atoms with Crippen LogP contribution < -0.4 is 5.73 Å². The van der Waals surface area contributed by atoms with E-state index in [1.54, 1.807) is 6.92 Å². The van der Waals surface area contributed by atoms with Crippen molar-refractivity contribution in [1.29, 1.82) is 0 Å². The second-order valence-corrected chi connectivity index (χ2v) is 10.2. The summed E-state index contributed by atoms with van der Waals surface area (Å²) in [5.41, 5.74) is 3.57. The molecule has 0 spiro atoms. The third kappa shape index (κ3) is 7.07. The van der Waals surface area contributed by atoms with Crippen molar-refractivity contribution in [2.24, 2.45) is 16.6 Å². The lowest BCUT2D eigenvalue weighted by Gasteiger charge is -2.43. The summed E-state index contributed by atoms with van der Waals surface area (Å²) in [6.45, 7) is 12.7. The zero-order valence-electron chi connectivity index (χ0n) is 17.9. The van der Waals surface area contributed by atoms with Crippen LogP contribution in [0.2, 0.25) is 0 Å². The van der Waals surface area contributed by atoms with Gasteiger partial charge in [-0.3, -0.25) is 4.79 Å². The number of aliphatic hydroxyl groups is 3. The molecule has 0 aromatic carbocycles. The number of Topliss-reactive ketones (excluding diaryl/α,β-unsaturated/α-hetero) is 1. The molecule has 5 N–H and O–H groups in total. The molecule has 0 radical (unpaired) electrons. The van der Waals surface area contributed by atoms with Gasteiger partial charge in [-0.1, -0.05) is 41.5 Å². The van der Waals surface area contributed by atoms with Crippen LogP contribution in [-0.2, 0) is 14.3 Å². The molecular weight excluding hydrogens is 350 g/mol. The summed E-state index contributed by atoms with van der Waals surface area (Å²) in [5.74, 6) is -0.611. The Bertz CT molecular complexity index is 486. The first-order chi connectivity index (χ1) is 12.1. The number of carbonyl (C=O) groups excluding carboxylic acids is 1. The molecule has 2 unspecified atom stereocenters. The number of aliphatic hydroxyl groups excluding tert-OH is 2. The molecule has 1 heterocycles. The van der Waals surface area contributed by atoms with Gasteiger partial charge in [0.2, 0.25) is 0 Å². The fraction of sp³-hybridized carbons (Fsp3) is 0.950. The lowest BCUT2D eigenvalue weighted by Crippen LogP contribution is -2.54. The highest BCUT2D eigenvalue weighted by molar-refractivity contribution is 5.88. The molecule has 0 saturated carbocycles. The molecule has 0 aromatic heterocycles. The Kier molecular flexibility index (Phi) is 8.01. The van der Waals surface area contributed by atoms with Crippen LogP contribution in [0.4, 0.5) is 0 Å². The molecule has 0 aliphatic carbocycles. The molecule has 0 amide bonds. The van der Waals surface area contributed by atoms with Gasteiger partial charge in [0, 0.05) is 18.9 Å². The average Bonchev–Trinajstić information content (AvgIpc) is 2.48. The van der Waals surface area contributed by atoms with E-state index in [0.29, 0.717) is 6.42 Å². The van der Waals surface area contributed by atoms with Crippen LogP contribution in [0, 0.1) is 10.8 Å². The SMILES string of the molecule is CC1O[C@@H](OC(C[C@@](O)(CC(C)(C)C)C(=O)CO)C(C)(C)C)C[C@@H](N)[C@H]1O. The van der Waals surface area contributed by atoms with Gasteiger partial charge in [0.05, 0.1) is 18.3 Å². The molecule has 160 valence electrons. The van der Waals surface area contributed by atoms with Crippen molar-refractivity contribution in [3.8, 4) is 0 Å². The molecule has 1 aliphatic heterocycles. The Morgan fingerprint density at radius 2 is 1.81 bits per heavy atom. The Hall–Kier alpha value is -0.570. The average molecular weight is 390 g/mol. The standard InChI is InChI=1S/C20H39NO6/c1-12-17(24)13(21)8-16(26-12)27-15(19(5,6)7)9-20(25,14(23)10-22)11-18(2,3)4/h12-13,15-17,22,24-25H,8-11,21H2,1-7H3/t12?,13-,15?,16+,17+,20-/m1/s1. The van der Waals surface area contributed by atoms with Gasteiger partial charge < -0.3 is 30.5 Å². The van der Waals surface area contributed by atoms with Gasteiger partial charge >= 0.3 is 0 Å². The largest absolute Gasteiger partial charge is 0.389 e. The van der Waals surface area contributed by atoms with E-state index in [1.807, 2.05) is 41.5 Å². The van der Waals surface area contributed by atoms with Gasteiger partial charge in [-0.2, -0.15) is 0 Å². The van der Waals surface area contributed by atoms with Crippen LogP contribution in [0.3, 0.4) is 0 Å². The van der Waals surface area contributed by atoms with E-state index in [4.69, 9.17) is 15.2 Å². The van der Waals surface area contributed by atoms with E-state index in [0.717, 1.165) is 0 Å². The van der Waals surface area contributed by atoms with Gasteiger partial charge in [0.1, 0.15) is 12.2 Å². The molecule has 1 rings (SSSR count). The van der Waals surface area contributed by atoms with Gasteiger partial charge in [-0.25, -0.2) is 0 Å². The Morgan fingerprint density at radius 1 is 1.26 bits per heavy atom. The van der Waals surface area contributed by atoms with Crippen LogP contribution in [0.25, 0.3) is 0 Å². The number of nitrogens with two attached hydrogens (primary N) is 1. The number of hydrogen-bond acceptors (Lipinski definition) is 7. The van der Waals surface area contributed by atoms with Crippen molar-refractivity contribution in [3.05, 3.63) is 0 Å². The Morgan fingerprint density at radius 3 is 2.22 bits per heavy atom. The molecule has 1 aliphatic rings. The summed E-state index contributed by atoms with van der Waals surface area (Å²) in [5, 5.41) is 30.5. The van der Waals surface area contributed by atoms with E-state index < -0.39 is 54.0 Å². The highest BCUT2D eigenvalue weighted by Crippen LogP contribution is 2.37. The van der Waals surface area contributed by atoms with Crippen LogP contribution in [0.5, 0.6) is 0 Å². The smallest absolute Gasteiger partial charge is 0.189 e. The van der Waals surface area contributed by atoms with Gasteiger partial charge in [-0.15, -0.1) is 0 Å². The van der Waals surface area contributed by atoms with Crippen molar-refractivity contribution >= 4 is 5.78 Å². The molecule has 0 aromatic rings. The van der Waals surface area contributed by atoms with Crippen LogP contribution >= 0.6 is 0 Å². The summed E-state index contributed by atoms with van der Waals surface area (Å²) in [4.78, 5) is 12.4. The number of carbonyl (C=O) groups is 1. The van der Waals surface area contributed by atoms with Crippen LogP contribution in [0.15, 0.2) is 0 Å². The van der Waals surface area contributed by atoms with Crippen molar-refractivity contribution in [2.75, 3.05) is 6.61 Å². The van der Waals surface area contributed by atoms with E-state index in [1.165, 1.54) is 0 Å². The maximum atomic E-state index is 12.4. The summed E-state index contributed by atoms with van der Waals surface area (Å²) in [7, 11) is 0. The van der Waals surface area contributed by atoms with Gasteiger partial charge in [0.15, 0.2) is 12.1 Å². The zero-order chi connectivity index (χ0) is 21.2. The third-order valence-corrected chi connectivity index (χ3v) is 5.04. The van der Waals surface area contributed by atoms with Crippen LogP contribution in [-0.4, -0.2) is 64.0 Å². The van der Waals surface area contributed by atoms with E-state index >= 15 is 0 Å². The number of hydrogen-bond donors (Lipinski definition) is 4. The first-order valence-electron chi connectivity index (χ1n) is 9.70. The third-order valence-electron chi connectivity index (χ3n) is 5.04. The topological polar surface area (TPSA) is 122 Å². The van der Waals surface area contributed by atoms with Gasteiger partial charge in [0.25, 0.3) is 0 Å².